The van der Waals surface area contributed by atoms with Gasteiger partial charge in [0.05, 0.1) is 6.04 Å². The topological polar surface area (TPSA) is 55.1 Å². The Labute approximate surface area is 114 Å². The minimum atomic E-state index is 0.116. The molecule has 4 heteroatoms. The van der Waals surface area contributed by atoms with Gasteiger partial charge in [-0.2, -0.15) is 0 Å². The molecular weight excluding hydrogens is 244 g/mol. The Morgan fingerprint density at radius 2 is 2.17 bits per heavy atom. The predicted molar refractivity (Wildman–Crippen MR) is 77.6 cm³/mol. The molecule has 1 heterocycles. The number of rotatable bonds is 8. The van der Waals surface area contributed by atoms with Crippen molar-refractivity contribution in [1.29, 1.82) is 0 Å². The molecule has 3 nitrogen and oxygen atoms in total. The van der Waals surface area contributed by atoms with Gasteiger partial charge in [-0.05, 0) is 30.3 Å². The summed E-state index contributed by atoms with van der Waals surface area (Å²) in [5, 5.41) is 5.24. The van der Waals surface area contributed by atoms with Gasteiger partial charge in [0.1, 0.15) is 0 Å². The molecule has 0 saturated heterocycles. The lowest BCUT2D eigenvalue weighted by molar-refractivity contribution is -0.122. The first-order chi connectivity index (χ1) is 8.72. The number of carbonyl (C=O) groups is 1. The van der Waals surface area contributed by atoms with E-state index >= 15 is 0 Å². The van der Waals surface area contributed by atoms with E-state index in [1.807, 2.05) is 6.07 Å². The second-order valence-electron chi connectivity index (χ2n) is 4.53. The van der Waals surface area contributed by atoms with Crippen molar-refractivity contribution < 1.29 is 4.79 Å². The Kier molecular flexibility index (Phi) is 6.98. The van der Waals surface area contributed by atoms with Crippen LogP contribution in [0.3, 0.4) is 0 Å². The van der Waals surface area contributed by atoms with Crippen molar-refractivity contribution in [3.8, 4) is 0 Å². The molecule has 0 aliphatic rings. The average Bonchev–Trinajstić information content (AvgIpc) is 2.90. The highest BCUT2D eigenvalue weighted by Crippen LogP contribution is 2.30. The Morgan fingerprint density at radius 3 is 2.67 bits per heavy atom. The molecule has 1 aromatic heterocycles. The summed E-state index contributed by atoms with van der Waals surface area (Å²) >= 11 is 1.72. The highest BCUT2D eigenvalue weighted by molar-refractivity contribution is 7.10. The zero-order chi connectivity index (χ0) is 13.4. The molecule has 0 spiro atoms. The van der Waals surface area contributed by atoms with E-state index in [1.165, 1.54) is 4.88 Å². The summed E-state index contributed by atoms with van der Waals surface area (Å²) in [4.78, 5) is 13.1. The maximum absolute atomic E-state index is 11.9. The van der Waals surface area contributed by atoms with Gasteiger partial charge in [-0.3, -0.25) is 4.79 Å². The normalized spacial score (nSPS) is 12.7. The van der Waals surface area contributed by atoms with Crippen LogP contribution in [0.15, 0.2) is 17.5 Å². The number of carbonyl (C=O) groups excluding carboxylic acids is 1. The van der Waals surface area contributed by atoms with Crippen molar-refractivity contribution in [2.45, 2.75) is 45.6 Å². The van der Waals surface area contributed by atoms with Crippen molar-refractivity contribution in [2.24, 2.45) is 11.7 Å². The zero-order valence-corrected chi connectivity index (χ0v) is 12.1. The second-order valence-corrected chi connectivity index (χ2v) is 5.51. The first-order valence-electron chi connectivity index (χ1n) is 6.75. The first kappa shape index (κ1) is 15.2. The fourth-order valence-corrected chi connectivity index (χ4v) is 3.03. The smallest absolute Gasteiger partial charge is 0.220 e. The van der Waals surface area contributed by atoms with E-state index in [0.717, 1.165) is 19.3 Å². The number of nitrogens with two attached hydrogens (primary N) is 1. The van der Waals surface area contributed by atoms with Crippen molar-refractivity contribution in [3.05, 3.63) is 22.4 Å². The molecule has 3 N–H and O–H groups in total. The van der Waals surface area contributed by atoms with E-state index < -0.39 is 0 Å². The quantitative estimate of drug-likeness (QED) is 0.761. The number of nitrogens with one attached hydrogen (secondary N) is 1. The highest BCUT2D eigenvalue weighted by Gasteiger charge is 2.22. The van der Waals surface area contributed by atoms with Crippen LogP contribution in [0.25, 0.3) is 0 Å². The molecule has 102 valence electrons. The molecule has 0 fully saturated rings. The summed E-state index contributed by atoms with van der Waals surface area (Å²) in [6.45, 7) is 4.93. The lowest BCUT2D eigenvalue weighted by Crippen LogP contribution is -2.32. The molecule has 0 bridgehead atoms. The highest BCUT2D eigenvalue weighted by atomic mass is 32.1. The fraction of sp³-hybridized carbons (Fsp3) is 0.643. The third-order valence-corrected chi connectivity index (χ3v) is 4.25. The molecule has 1 atom stereocenters. The molecule has 1 aromatic rings. The lowest BCUT2D eigenvalue weighted by atomic mass is 9.93. The van der Waals surface area contributed by atoms with E-state index in [-0.39, 0.29) is 11.9 Å². The third-order valence-electron chi connectivity index (χ3n) is 3.29. The molecule has 0 radical (unpaired) electrons. The van der Waals surface area contributed by atoms with Gasteiger partial charge in [0.25, 0.3) is 0 Å². The van der Waals surface area contributed by atoms with Crippen LogP contribution in [0.2, 0.25) is 0 Å². The van der Waals surface area contributed by atoms with Crippen LogP contribution in [0.1, 0.15) is 50.4 Å². The first-order valence-corrected chi connectivity index (χ1v) is 7.63. The van der Waals surface area contributed by atoms with Crippen molar-refractivity contribution >= 4 is 17.2 Å². The Bertz CT molecular complexity index is 334. The van der Waals surface area contributed by atoms with Gasteiger partial charge < -0.3 is 11.1 Å². The summed E-state index contributed by atoms with van der Waals surface area (Å²) in [5.74, 6) is 0.622. The third kappa shape index (κ3) is 4.42. The number of hydrogen-bond donors (Lipinski definition) is 2. The number of amides is 1. The number of thiophene rings is 1. The second kappa shape index (κ2) is 8.27. The zero-order valence-electron chi connectivity index (χ0n) is 11.3. The minimum absolute atomic E-state index is 0.116. The van der Waals surface area contributed by atoms with Gasteiger partial charge >= 0.3 is 0 Å². The molecule has 0 aromatic carbocycles. The SMILES string of the molecule is CCC(CC)C(NC(=O)CCCN)c1cccs1. The molecule has 1 rings (SSSR count). The van der Waals surface area contributed by atoms with Crippen molar-refractivity contribution in [1.82, 2.24) is 5.32 Å². The molecule has 0 aliphatic carbocycles. The summed E-state index contributed by atoms with van der Waals surface area (Å²) in [5.41, 5.74) is 5.44. The minimum Gasteiger partial charge on any atom is -0.348 e. The molecule has 18 heavy (non-hydrogen) atoms. The van der Waals surface area contributed by atoms with Gasteiger partial charge in [0, 0.05) is 11.3 Å². The standard InChI is InChI=1S/C14H24N2OS/c1-3-11(4-2)14(12-7-6-10-18-12)16-13(17)8-5-9-15/h6-7,10-11,14H,3-5,8-9,15H2,1-2H3,(H,16,17). The summed E-state index contributed by atoms with van der Waals surface area (Å²) in [6.07, 6.45) is 3.44. The molecule has 1 amide bonds. The lowest BCUT2D eigenvalue weighted by Gasteiger charge is -2.25. The van der Waals surface area contributed by atoms with Gasteiger partial charge in [-0.15, -0.1) is 11.3 Å². The molecular formula is C14H24N2OS. The fourth-order valence-electron chi connectivity index (χ4n) is 2.16. The largest absolute Gasteiger partial charge is 0.348 e. The maximum atomic E-state index is 11.9. The average molecular weight is 268 g/mol. The monoisotopic (exact) mass is 268 g/mol. The van der Waals surface area contributed by atoms with E-state index in [0.29, 0.717) is 18.9 Å². The van der Waals surface area contributed by atoms with Crippen LogP contribution in [0, 0.1) is 5.92 Å². The van der Waals surface area contributed by atoms with E-state index in [1.54, 1.807) is 11.3 Å². The van der Waals surface area contributed by atoms with Crippen LogP contribution in [0.5, 0.6) is 0 Å². The van der Waals surface area contributed by atoms with Crippen molar-refractivity contribution in [3.63, 3.8) is 0 Å². The van der Waals surface area contributed by atoms with Gasteiger partial charge in [0.15, 0.2) is 0 Å². The summed E-state index contributed by atoms with van der Waals surface area (Å²) < 4.78 is 0. The van der Waals surface area contributed by atoms with Crippen molar-refractivity contribution in [2.75, 3.05) is 6.54 Å². The molecule has 0 saturated carbocycles. The Balaban J connectivity index is 2.69. The van der Waals surface area contributed by atoms with Crippen LogP contribution in [-0.2, 0) is 4.79 Å². The molecule has 0 aliphatic heterocycles. The Hall–Kier alpha value is -0.870. The van der Waals surface area contributed by atoms with Gasteiger partial charge in [-0.25, -0.2) is 0 Å². The summed E-state index contributed by atoms with van der Waals surface area (Å²) in [7, 11) is 0. The number of hydrogen-bond acceptors (Lipinski definition) is 3. The van der Waals surface area contributed by atoms with E-state index in [9.17, 15) is 4.79 Å². The predicted octanol–water partition coefficient (Wildman–Crippen LogP) is 3.08. The van der Waals surface area contributed by atoms with E-state index in [2.05, 4.69) is 30.6 Å². The maximum Gasteiger partial charge on any atom is 0.220 e. The van der Waals surface area contributed by atoms with Crippen LogP contribution in [0.4, 0.5) is 0 Å². The van der Waals surface area contributed by atoms with E-state index in [4.69, 9.17) is 5.73 Å². The van der Waals surface area contributed by atoms with Gasteiger partial charge in [0.2, 0.25) is 5.91 Å². The van der Waals surface area contributed by atoms with Crippen LogP contribution in [-0.4, -0.2) is 12.5 Å². The van der Waals surface area contributed by atoms with Gasteiger partial charge in [-0.1, -0.05) is 32.8 Å². The Morgan fingerprint density at radius 1 is 1.44 bits per heavy atom. The van der Waals surface area contributed by atoms with Crippen LogP contribution >= 0.6 is 11.3 Å². The van der Waals surface area contributed by atoms with Crippen LogP contribution < -0.4 is 11.1 Å². The molecule has 1 unspecified atom stereocenters. The summed E-state index contributed by atoms with van der Waals surface area (Å²) in [6, 6.07) is 4.31.